The summed E-state index contributed by atoms with van der Waals surface area (Å²) in [5.41, 5.74) is -0.825. The SMILES string of the molecule is CCCCOCC(O)CNc1ccc(Br)cc1C(F)(F)F. The summed E-state index contributed by atoms with van der Waals surface area (Å²) in [6.45, 7) is 2.66. The van der Waals surface area contributed by atoms with E-state index in [-0.39, 0.29) is 18.8 Å². The highest BCUT2D eigenvalue weighted by Crippen LogP contribution is 2.36. The molecule has 0 saturated carbocycles. The van der Waals surface area contributed by atoms with E-state index in [4.69, 9.17) is 4.74 Å². The van der Waals surface area contributed by atoms with Crippen LogP contribution >= 0.6 is 15.9 Å². The van der Waals surface area contributed by atoms with E-state index >= 15 is 0 Å². The third-order valence-corrected chi connectivity index (χ3v) is 3.26. The highest BCUT2D eigenvalue weighted by molar-refractivity contribution is 9.10. The maximum Gasteiger partial charge on any atom is 0.418 e. The van der Waals surface area contributed by atoms with Gasteiger partial charge in [0.2, 0.25) is 0 Å². The van der Waals surface area contributed by atoms with Crippen molar-refractivity contribution >= 4 is 21.6 Å². The standard InChI is InChI=1S/C14H19BrF3NO2/c1-2-3-6-21-9-11(20)8-19-13-5-4-10(15)7-12(13)14(16,17)18/h4-5,7,11,19-20H,2-3,6,8-9H2,1H3. The highest BCUT2D eigenvalue weighted by Gasteiger charge is 2.33. The van der Waals surface area contributed by atoms with Gasteiger partial charge in [-0.1, -0.05) is 29.3 Å². The zero-order valence-corrected chi connectivity index (χ0v) is 13.3. The number of anilines is 1. The number of aliphatic hydroxyl groups excluding tert-OH is 1. The first-order valence-electron chi connectivity index (χ1n) is 6.71. The Hall–Kier alpha value is -0.790. The molecule has 0 spiro atoms. The molecule has 1 aromatic rings. The van der Waals surface area contributed by atoms with Crippen molar-refractivity contribution in [1.29, 1.82) is 0 Å². The normalized spacial score (nSPS) is 13.2. The Morgan fingerprint density at radius 3 is 2.71 bits per heavy atom. The van der Waals surface area contributed by atoms with Crippen LogP contribution in [0.25, 0.3) is 0 Å². The van der Waals surface area contributed by atoms with E-state index in [1.165, 1.54) is 12.1 Å². The molecule has 1 unspecified atom stereocenters. The lowest BCUT2D eigenvalue weighted by molar-refractivity contribution is -0.137. The zero-order valence-electron chi connectivity index (χ0n) is 11.7. The summed E-state index contributed by atoms with van der Waals surface area (Å²) < 4.78 is 44.2. The van der Waals surface area contributed by atoms with E-state index in [0.29, 0.717) is 11.1 Å². The minimum Gasteiger partial charge on any atom is -0.389 e. The Morgan fingerprint density at radius 2 is 2.10 bits per heavy atom. The number of rotatable bonds is 8. The first-order valence-corrected chi connectivity index (χ1v) is 7.50. The molecule has 0 aliphatic heterocycles. The molecule has 0 aliphatic rings. The quantitative estimate of drug-likeness (QED) is 0.679. The molecule has 1 rings (SSSR count). The van der Waals surface area contributed by atoms with Crippen LogP contribution < -0.4 is 5.32 Å². The average molecular weight is 370 g/mol. The molecule has 0 aromatic heterocycles. The van der Waals surface area contributed by atoms with Gasteiger partial charge < -0.3 is 15.2 Å². The lowest BCUT2D eigenvalue weighted by Crippen LogP contribution is -2.26. The molecular weight excluding hydrogens is 351 g/mol. The molecule has 1 atom stereocenters. The number of nitrogens with one attached hydrogen (secondary N) is 1. The molecular formula is C14H19BrF3NO2. The number of hydrogen-bond donors (Lipinski definition) is 2. The number of benzene rings is 1. The van der Waals surface area contributed by atoms with Crippen molar-refractivity contribution in [2.45, 2.75) is 32.0 Å². The lowest BCUT2D eigenvalue weighted by atomic mass is 10.1. The molecule has 1 aromatic carbocycles. The summed E-state index contributed by atoms with van der Waals surface area (Å²) in [7, 11) is 0. The second kappa shape index (κ2) is 8.60. The van der Waals surface area contributed by atoms with Crippen LogP contribution in [0, 0.1) is 0 Å². The summed E-state index contributed by atoms with van der Waals surface area (Å²) in [6.07, 6.45) is -3.42. The smallest absolute Gasteiger partial charge is 0.389 e. The van der Waals surface area contributed by atoms with E-state index in [2.05, 4.69) is 21.2 Å². The molecule has 3 nitrogen and oxygen atoms in total. The van der Waals surface area contributed by atoms with Gasteiger partial charge in [0.05, 0.1) is 18.3 Å². The van der Waals surface area contributed by atoms with Crippen molar-refractivity contribution in [3.63, 3.8) is 0 Å². The Kier molecular flexibility index (Phi) is 7.48. The van der Waals surface area contributed by atoms with E-state index in [1.54, 1.807) is 0 Å². The maximum absolute atomic E-state index is 12.9. The van der Waals surface area contributed by atoms with Crippen LogP contribution in [0.4, 0.5) is 18.9 Å². The Bertz CT molecular complexity index is 441. The van der Waals surface area contributed by atoms with Gasteiger partial charge in [0.1, 0.15) is 0 Å². The number of aliphatic hydroxyl groups is 1. The second-order valence-corrected chi connectivity index (χ2v) is 5.57. The average Bonchev–Trinajstić information content (AvgIpc) is 2.41. The van der Waals surface area contributed by atoms with Crippen LogP contribution in [0.2, 0.25) is 0 Å². The van der Waals surface area contributed by atoms with Crippen molar-refractivity contribution in [2.24, 2.45) is 0 Å². The Morgan fingerprint density at radius 1 is 1.38 bits per heavy atom. The maximum atomic E-state index is 12.9. The van der Waals surface area contributed by atoms with Crippen molar-refractivity contribution in [2.75, 3.05) is 25.1 Å². The molecule has 0 heterocycles. The molecule has 0 amide bonds. The van der Waals surface area contributed by atoms with E-state index in [0.717, 1.165) is 18.9 Å². The minimum atomic E-state index is -4.45. The van der Waals surface area contributed by atoms with E-state index in [1.807, 2.05) is 6.92 Å². The first-order chi connectivity index (χ1) is 9.84. The van der Waals surface area contributed by atoms with Crippen LogP contribution in [0.5, 0.6) is 0 Å². The monoisotopic (exact) mass is 369 g/mol. The van der Waals surface area contributed by atoms with Gasteiger partial charge in [-0.2, -0.15) is 13.2 Å². The second-order valence-electron chi connectivity index (χ2n) is 4.65. The van der Waals surface area contributed by atoms with Crippen molar-refractivity contribution in [3.05, 3.63) is 28.2 Å². The molecule has 120 valence electrons. The van der Waals surface area contributed by atoms with Crippen molar-refractivity contribution < 1.29 is 23.0 Å². The van der Waals surface area contributed by atoms with Gasteiger partial charge in [0.25, 0.3) is 0 Å². The number of alkyl halides is 3. The topological polar surface area (TPSA) is 41.5 Å². The van der Waals surface area contributed by atoms with Crippen LogP contribution in [-0.4, -0.2) is 31.0 Å². The third-order valence-electron chi connectivity index (χ3n) is 2.77. The van der Waals surface area contributed by atoms with Crippen LogP contribution in [0.1, 0.15) is 25.3 Å². The third kappa shape index (κ3) is 6.67. The number of halogens is 4. The van der Waals surface area contributed by atoms with Crippen LogP contribution in [0.3, 0.4) is 0 Å². The predicted octanol–water partition coefficient (Wildman–Crippen LogP) is 4.06. The van der Waals surface area contributed by atoms with Crippen LogP contribution in [0.15, 0.2) is 22.7 Å². The fraction of sp³-hybridized carbons (Fsp3) is 0.571. The molecule has 7 heteroatoms. The number of hydrogen-bond acceptors (Lipinski definition) is 3. The Balaban J connectivity index is 2.55. The van der Waals surface area contributed by atoms with Crippen molar-refractivity contribution in [1.82, 2.24) is 0 Å². The fourth-order valence-electron chi connectivity index (χ4n) is 1.66. The summed E-state index contributed by atoms with van der Waals surface area (Å²) in [6, 6.07) is 3.85. The molecule has 0 fully saturated rings. The lowest BCUT2D eigenvalue weighted by Gasteiger charge is -2.17. The van der Waals surface area contributed by atoms with Gasteiger partial charge in [0.15, 0.2) is 0 Å². The highest BCUT2D eigenvalue weighted by atomic mass is 79.9. The number of unbranched alkanes of at least 4 members (excludes halogenated alkanes) is 1. The first kappa shape index (κ1) is 18.3. The van der Waals surface area contributed by atoms with E-state index in [9.17, 15) is 18.3 Å². The van der Waals surface area contributed by atoms with Gasteiger partial charge in [-0.05, 0) is 24.6 Å². The summed E-state index contributed by atoms with van der Waals surface area (Å²) >= 11 is 3.02. The largest absolute Gasteiger partial charge is 0.418 e. The summed E-state index contributed by atoms with van der Waals surface area (Å²) in [4.78, 5) is 0. The number of ether oxygens (including phenoxy) is 1. The van der Waals surface area contributed by atoms with Gasteiger partial charge in [-0.25, -0.2) is 0 Å². The predicted molar refractivity (Wildman–Crippen MR) is 79.4 cm³/mol. The van der Waals surface area contributed by atoms with Crippen molar-refractivity contribution in [3.8, 4) is 0 Å². The van der Waals surface area contributed by atoms with Gasteiger partial charge in [-0.3, -0.25) is 0 Å². The minimum absolute atomic E-state index is 0.00314. The molecule has 0 radical (unpaired) electrons. The molecule has 0 saturated heterocycles. The van der Waals surface area contributed by atoms with Gasteiger partial charge >= 0.3 is 6.18 Å². The molecule has 2 N–H and O–H groups in total. The fourth-order valence-corrected chi connectivity index (χ4v) is 2.02. The van der Waals surface area contributed by atoms with Gasteiger partial charge in [-0.15, -0.1) is 0 Å². The van der Waals surface area contributed by atoms with E-state index < -0.39 is 17.8 Å². The Labute approximate surface area is 130 Å². The summed E-state index contributed by atoms with van der Waals surface area (Å²) in [5.74, 6) is 0. The van der Waals surface area contributed by atoms with Crippen LogP contribution in [-0.2, 0) is 10.9 Å². The molecule has 21 heavy (non-hydrogen) atoms. The summed E-state index contributed by atoms with van der Waals surface area (Å²) in [5, 5.41) is 12.3. The molecule has 0 aliphatic carbocycles. The zero-order chi connectivity index (χ0) is 15.9. The van der Waals surface area contributed by atoms with Gasteiger partial charge in [0, 0.05) is 23.3 Å². The molecule has 0 bridgehead atoms.